The van der Waals surface area contributed by atoms with E-state index in [2.05, 4.69) is 56.4 Å². The minimum Gasteiger partial charge on any atom is -0.317 e. The molecule has 0 aromatic heterocycles. The highest BCUT2D eigenvalue weighted by Gasteiger charge is 2.07. The Morgan fingerprint density at radius 1 is 1.05 bits per heavy atom. The van der Waals surface area contributed by atoms with Crippen molar-refractivity contribution in [3.63, 3.8) is 0 Å². The molecule has 0 amide bonds. The van der Waals surface area contributed by atoms with Crippen LogP contribution in [0.15, 0.2) is 36.4 Å². The number of rotatable bonds is 4. The van der Waals surface area contributed by atoms with E-state index in [9.17, 15) is 0 Å². The van der Waals surface area contributed by atoms with E-state index in [1.165, 1.54) is 22.3 Å². The molecule has 0 aliphatic rings. The highest BCUT2D eigenvalue weighted by molar-refractivity contribution is 6.33. The lowest BCUT2D eigenvalue weighted by Crippen LogP contribution is -2.23. The molecule has 1 unspecified atom stereocenters. The molecule has 2 rings (SSSR count). The van der Waals surface area contributed by atoms with E-state index in [1.54, 1.807) is 0 Å². The Morgan fingerprint density at radius 2 is 1.65 bits per heavy atom. The van der Waals surface area contributed by atoms with Gasteiger partial charge in [0.2, 0.25) is 0 Å². The van der Waals surface area contributed by atoms with Crippen LogP contribution in [0.1, 0.15) is 23.6 Å². The molecular formula is C18H22ClN. The predicted molar refractivity (Wildman–Crippen MR) is 88.6 cm³/mol. The van der Waals surface area contributed by atoms with Gasteiger partial charge in [0.1, 0.15) is 0 Å². The lowest BCUT2D eigenvalue weighted by molar-refractivity contribution is 0.608. The summed E-state index contributed by atoms with van der Waals surface area (Å²) < 4.78 is 0. The maximum atomic E-state index is 6.37. The van der Waals surface area contributed by atoms with Gasteiger partial charge < -0.3 is 5.32 Å². The zero-order chi connectivity index (χ0) is 14.7. The molecular weight excluding hydrogens is 266 g/mol. The highest BCUT2D eigenvalue weighted by atomic mass is 35.5. The molecule has 0 aliphatic heterocycles. The molecule has 1 atom stereocenters. The van der Waals surface area contributed by atoms with Crippen molar-refractivity contribution < 1.29 is 0 Å². The third kappa shape index (κ3) is 3.41. The summed E-state index contributed by atoms with van der Waals surface area (Å²) in [5, 5.41) is 4.08. The van der Waals surface area contributed by atoms with Crippen LogP contribution in [0.5, 0.6) is 0 Å². The summed E-state index contributed by atoms with van der Waals surface area (Å²) >= 11 is 6.37. The normalized spacial score (nSPS) is 12.4. The van der Waals surface area contributed by atoms with Crippen molar-refractivity contribution in [1.82, 2.24) is 5.32 Å². The van der Waals surface area contributed by atoms with Crippen LogP contribution in [0.25, 0.3) is 11.1 Å². The number of likely N-dealkylation sites (N-methyl/N-ethyl adjacent to an activating group) is 1. The maximum absolute atomic E-state index is 6.37. The number of nitrogens with one attached hydrogen (secondary N) is 1. The van der Waals surface area contributed by atoms with E-state index in [-0.39, 0.29) is 0 Å². The summed E-state index contributed by atoms with van der Waals surface area (Å²) in [5.41, 5.74) is 6.15. The molecule has 0 fully saturated rings. The Labute approximate surface area is 127 Å². The first kappa shape index (κ1) is 15.1. The van der Waals surface area contributed by atoms with E-state index in [4.69, 9.17) is 11.6 Å². The average Bonchev–Trinajstić information content (AvgIpc) is 2.44. The predicted octanol–water partition coefficient (Wildman–Crippen LogP) is 4.77. The fourth-order valence-electron chi connectivity index (χ4n) is 2.28. The summed E-state index contributed by atoms with van der Waals surface area (Å²) in [4.78, 5) is 0. The van der Waals surface area contributed by atoms with Crippen molar-refractivity contribution in [2.75, 3.05) is 7.05 Å². The molecule has 2 aromatic rings. The van der Waals surface area contributed by atoms with Crippen molar-refractivity contribution in [3.05, 3.63) is 58.1 Å². The van der Waals surface area contributed by atoms with Crippen LogP contribution in [0.3, 0.4) is 0 Å². The van der Waals surface area contributed by atoms with Gasteiger partial charge in [-0.1, -0.05) is 35.9 Å². The summed E-state index contributed by atoms with van der Waals surface area (Å²) in [6.07, 6.45) is 1.04. The van der Waals surface area contributed by atoms with Gasteiger partial charge in [-0.2, -0.15) is 0 Å². The second-order valence-corrected chi connectivity index (χ2v) is 5.91. The van der Waals surface area contributed by atoms with Crippen LogP contribution in [0, 0.1) is 13.8 Å². The molecule has 2 heteroatoms. The van der Waals surface area contributed by atoms with Gasteiger partial charge in [-0.15, -0.1) is 0 Å². The van der Waals surface area contributed by atoms with Crippen LogP contribution < -0.4 is 5.32 Å². The lowest BCUT2D eigenvalue weighted by Gasteiger charge is -2.12. The van der Waals surface area contributed by atoms with E-state index in [1.807, 2.05) is 13.1 Å². The first-order valence-electron chi connectivity index (χ1n) is 7.04. The van der Waals surface area contributed by atoms with Crippen LogP contribution in [0.4, 0.5) is 0 Å². The van der Waals surface area contributed by atoms with E-state index in [0.717, 1.165) is 17.0 Å². The van der Waals surface area contributed by atoms with Crippen LogP contribution >= 0.6 is 11.6 Å². The molecule has 20 heavy (non-hydrogen) atoms. The molecule has 0 radical (unpaired) electrons. The first-order valence-corrected chi connectivity index (χ1v) is 7.42. The van der Waals surface area contributed by atoms with E-state index in [0.29, 0.717) is 6.04 Å². The van der Waals surface area contributed by atoms with Gasteiger partial charge >= 0.3 is 0 Å². The Morgan fingerprint density at radius 3 is 2.25 bits per heavy atom. The van der Waals surface area contributed by atoms with Crippen molar-refractivity contribution in [1.29, 1.82) is 0 Å². The number of hydrogen-bond donors (Lipinski definition) is 1. The van der Waals surface area contributed by atoms with Crippen LogP contribution in [-0.4, -0.2) is 13.1 Å². The Bertz CT molecular complexity index is 587. The van der Waals surface area contributed by atoms with Crippen LogP contribution in [-0.2, 0) is 6.42 Å². The smallest absolute Gasteiger partial charge is 0.0487 e. The molecule has 0 saturated heterocycles. The number of halogens is 1. The largest absolute Gasteiger partial charge is 0.317 e. The zero-order valence-corrected chi connectivity index (χ0v) is 13.4. The van der Waals surface area contributed by atoms with Gasteiger partial charge in [0.15, 0.2) is 0 Å². The molecule has 0 spiro atoms. The fraction of sp³-hybridized carbons (Fsp3) is 0.333. The number of hydrogen-bond acceptors (Lipinski definition) is 1. The monoisotopic (exact) mass is 287 g/mol. The third-order valence-electron chi connectivity index (χ3n) is 3.88. The molecule has 1 N–H and O–H groups in total. The Balaban J connectivity index is 2.28. The van der Waals surface area contributed by atoms with E-state index >= 15 is 0 Å². The van der Waals surface area contributed by atoms with Crippen molar-refractivity contribution >= 4 is 11.6 Å². The molecule has 0 aliphatic carbocycles. The second-order valence-electron chi connectivity index (χ2n) is 5.51. The highest BCUT2D eigenvalue weighted by Crippen LogP contribution is 2.30. The molecule has 0 saturated carbocycles. The summed E-state index contributed by atoms with van der Waals surface area (Å²) in [6, 6.07) is 13.4. The minimum atomic E-state index is 0.492. The summed E-state index contributed by atoms with van der Waals surface area (Å²) in [6.45, 7) is 6.40. The summed E-state index contributed by atoms with van der Waals surface area (Å²) in [7, 11) is 1.99. The molecule has 0 heterocycles. The fourth-order valence-corrected chi connectivity index (χ4v) is 2.61. The molecule has 1 nitrogen and oxygen atoms in total. The van der Waals surface area contributed by atoms with Gasteiger partial charge in [0.25, 0.3) is 0 Å². The van der Waals surface area contributed by atoms with Gasteiger partial charge in [0.05, 0.1) is 0 Å². The third-order valence-corrected chi connectivity index (χ3v) is 4.20. The van der Waals surface area contributed by atoms with Crippen molar-refractivity contribution in [2.24, 2.45) is 0 Å². The van der Waals surface area contributed by atoms with Crippen molar-refractivity contribution in [3.8, 4) is 11.1 Å². The molecule has 106 valence electrons. The second kappa shape index (κ2) is 6.43. The number of aryl methyl sites for hydroxylation is 2. The Hall–Kier alpha value is -1.31. The standard InChI is InChI=1S/C18H22ClN/c1-12-9-17(18(19)10-13(12)2)16-7-5-15(6-8-16)11-14(3)20-4/h5-10,14,20H,11H2,1-4H3. The number of benzene rings is 2. The molecule has 0 bridgehead atoms. The van der Waals surface area contributed by atoms with E-state index < -0.39 is 0 Å². The van der Waals surface area contributed by atoms with Crippen LogP contribution in [0.2, 0.25) is 5.02 Å². The van der Waals surface area contributed by atoms with Gasteiger partial charge in [0, 0.05) is 16.6 Å². The lowest BCUT2D eigenvalue weighted by atomic mass is 9.98. The van der Waals surface area contributed by atoms with Gasteiger partial charge in [-0.05, 0) is 68.6 Å². The Kier molecular flexibility index (Phi) is 4.85. The maximum Gasteiger partial charge on any atom is 0.0487 e. The van der Waals surface area contributed by atoms with Gasteiger partial charge in [-0.3, -0.25) is 0 Å². The molecule has 2 aromatic carbocycles. The van der Waals surface area contributed by atoms with Crippen molar-refractivity contribution in [2.45, 2.75) is 33.2 Å². The SMILES string of the molecule is CNC(C)Cc1ccc(-c2cc(C)c(C)cc2Cl)cc1. The minimum absolute atomic E-state index is 0.492. The first-order chi connectivity index (χ1) is 9.51. The zero-order valence-electron chi connectivity index (χ0n) is 12.6. The average molecular weight is 288 g/mol. The van der Waals surface area contributed by atoms with Gasteiger partial charge in [-0.25, -0.2) is 0 Å². The summed E-state index contributed by atoms with van der Waals surface area (Å²) in [5.74, 6) is 0. The quantitative estimate of drug-likeness (QED) is 0.854. The topological polar surface area (TPSA) is 12.0 Å².